The zero-order valence-corrected chi connectivity index (χ0v) is 12.6. The highest BCUT2D eigenvalue weighted by Crippen LogP contribution is 2.35. The average Bonchev–Trinajstić information content (AvgIpc) is 2.44. The first-order chi connectivity index (χ1) is 10.0. The zero-order chi connectivity index (χ0) is 15.0. The molecule has 108 valence electrons. The highest BCUT2D eigenvalue weighted by atomic mass is 79.9. The molecule has 3 rings (SSSR count). The third-order valence-electron chi connectivity index (χ3n) is 3.27. The van der Waals surface area contributed by atoms with E-state index in [1.807, 2.05) is 0 Å². The van der Waals surface area contributed by atoms with Gasteiger partial charge in [0.1, 0.15) is 11.6 Å². The third-order valence-corrected chi connectivity index (χ3v) is 4.01. The lowest BCUT2D eigenvalue weighted by atomic mass is 10.1. The van der Waals surface area contributed by atoms with Gasteiger partial charge in [0, 0.05) is 10.2 Å². The lowest BCUT2D eigenvalue weighted by molar-refractivity contribution is -0.121. The van der Waals surface area contributed by atoms with Gasteiger partial charge in [-0.15, -0.1) is 0 Å². The van der Waals surface area contributed by atoms with Gasteiger partial charge in [-0.2, -0.15) is 0 Å². The second-order valence-electron chi connectivity index (χ2n) is 4.73. The Bertz CT molecular complexity index is 721. The Labute approximate surface area is 129 Å². The van der Waals surface area contributed by atoms with Crippen LogP contribution in [0, 0.1) is 5.82 Å². The number of halogens is 2. The number of anilines is 2. The molecule has 0 saturated carbocycles. The molecule has 0 radical (unpaired) electrons. The quantitative estimate of drug-likeness (QED) is 0.846. The Balaban J connectivity index is 1.98. The molecule has 0 fully saturated rings. The smallest absolute Gasteiger partial charge is 0.265 e. The first kappa shape index (κ1) is 13.9. The topological polar surface area (TPSA) is 55.6 Å². The first-order valence-corrected chi connectivity index (χ1v) is 7.10. The molecule has 0 spiro atoms. The maximum atomic E-state index is 13.1. The van der Waals surface area contributed by atoms with Crippen molar-refractivity contribution < 1.29 is 13.9 Å². The molecule has 2 aromatic carbocycles. The van der Waals surface area contributed by atoms with E-state index < -0.39 is 0 Å². The maximum absolute atomic E-state index is 13.1. The maximum Gasteiger partial charge on any atom is 0.265 e. The van der Waals surface area contributed by atoms with E-state index in [2.05, 4.69) is 15.9 Å². The highest BCUT2D eigenvalue weighted by molar-refractivity contribution is 9.10. The third kappa shape index (κ3) is 2.71. The monoisotopic (exact) mass is 350 g/mol. The standard InChI is InChI=1S/C15H12BrFN2O2/c16-12-5-10(17)2-1-9(12)7-19-13-6-11(18)3-4-14(13)21-8-15(19)20/h1-6H,7-8,18H2. The van der Waals surface area contributed by atoms with Crippen molar-refractivity contribution in [2.24, 2.45) is 0 Å². The Morgan fingerprint density at radius 1 is 1.29 bits per heavy atom. The largest absolute Gasteiger partial charge is 0.482 e. The van der Waals surface area contributed by atoms with Crippen LogP contribution in [0.3, 0.4) is 0 Å². The van der Waals surface area contributed by atoms with Gasteiger partial charge in [-0.1, -0.05) is 22.0 Å². The van der Waals surface area contributed by atoms with E-state index in [1.165, 1.54) is 12.1 Å². The van der Waals surface area contributed by atoms with Gasteiger partial charge in [0.2, 0.25) is 0 Å². The minimum atomic E-state index is -0.330. The van der Waals surface area contributed by atoms with Gasteiger partial charge in [-0.05, 0) is 35.9 Å². The summed E-state index contributed by atoms with van der Waals surface area (Å²) in [5, 5.41) is 0. The molecule has 0 atom stereocenters. The lowest BCUT2D eigenvalue weighted by Crippen LogP contribution is -2.38. The molecule has 0 bridgehead atoms. The average molecular weight is 351 g/mol. The fourth-order valence-electron chi connectivity index (χ4n) is 2.21. The van der Waals surface area contributed by atoms with Crippen molar-refractivity contribution in [2.75, 3.05) is 17.2 Å². The molecule has 4 nitrogen and oxygen atoms in total. The number of amides is 1. The van der Waals surface area contributed by atoms with Crippen LogP contribution in [0.2, 0.25) is 0 Å². The first-order valence-electron chi connectivity index (χ1n) is 6.31. The summed E-state index contributed by atoms with van der Waals surface area (Å²) in [7, 11) is 0. The predicted molar refractivity (Wildman–Crippen MR) is 81.6 cm³/mol. The SMILES string of the molecule is Nc1ccc2c(c1)N(Cc1ccc(F)cc1Br)C(=O)CO2. The number of hydrogen-bond acceptors (Lipinski definition) is 3. The molecule has 0 aromatic heterocycles. The number of rotatable bonds is 2. The number of carbonyl (C=O) groups excluding carboxylic acids is 1. The molecular formula is C15H12BrFN2O2. The number of fused-ring (bicyclic) bond motifs is 1. The van der Waals surface area contributed by atoms with Crippen LogP contribution in [0.15, 0.2) is 40.9 Å². The Hall–Kier alpha value is -2.08. The van der Waals surface area contributed by atoms with Crippen molar-refractivity contribution >= 4 is 33.2 Å². The summed E-state index contributed by atoms with van der Waals surface area (Å²) in [6.07, 6.45) is 0. The Morgan fingerprint density at radius 2 is 2.10 bits per heavy atom. The van der Waals surface area contributed by atoms with Crippen LogP contribution < -0.4 is 15.4 Å². The molecule has 2 aromatic rings. The minimum absolute atomic E-state index is 0.0181. The summed E-state index contributed by atoms with van der Waals surface area (Å²) in [5.74, 6) is 0.120. The van der Waals surface area contributed by atoms with E-state index in [0.717, 1.165) is 5.56 Å². The van der Waals surface area contributed by atoms with Crippen LogP contribution in [0.5, 0.6) is 5.75 Å². The van der Waals surface area contributed by atoms with Crippen molar-refractivity contribution in [3.05, 3.63) is 52.3 Å². The molecule has 0 saturated heterocycles. The van der Waals surface area contributed by atoms with E-state index in [1.54, 1.807) is 29.2 Å². The summed E-state index contributed by atoms with van der Waals surface area (Å²) >= 11 is 3.31. The van der Waals surface area contributed by atoms with Crippen LogP contribution in [-0.4, -0.2) is 12.5 Å². The molecule has 1 aliphatic rings. The Kier molecular flexibility index (Phi) is 3.55. The number of hydrogen-bond donors (Lipinski definition) is 1. The normalized spacial score (nSPS) is 13.8. The predicted octanol–water partition coefficient (Wildman–Crippen LogP) is 3.10. The van der Waals surface area contributed by atoms with Crippen LogP contribution >= 0.6 is 15.9 Å². The van der Waals surface area contributed by atoms with Crippen molar-refractivity contribution in [3.8, 4) is 5.75 Å². The van der Waals surface area contributed by atoms with E-state index in [-0.39, 0.29) is 18.3 Å². The second-order valence-corrected chi connectivity index (χ2v) is 5.59. The molecule has 6 heteroatoms. The number of benzene rings is 2. The molecule has 21 heavy (non-hydrogen) atoms. The second kappa shape index (κ2) is 5.37. The van der Waals surface area contributed by atoms with Gasteiger partial charge in [0.25, 0.3) is 5.91 Å². The molecular weight excluding hydrogens is 339 g/mol. The number of carbonyl (C=O) groups is 1. The zero-order valence-electron chi connectivity index (χ0n) is 11.0. The fraction of sp³-hybridized carbons (Fsp3) is 0.133. The number of nitrogens with two attached hydrogens (primary N) is 1. The lowest BCUT2D eigenvalue weighted by Gasteiger charge is -2.30. The van der Waals surface area contributed by atoms with Gasteiger partial charge < -0.3 is 15.4 Å². The van der Waals surface area contributed by atoms with Crippen LogP contribution in [0.1, 0.15) is 5.56 Å². The van der Waals surface area contributed by atoms with Crippen LogP contribution in [0.4, 0.5) is 15.8 Å². The summed E-state index contributed by atoms with van der Waals surface area (Å²) in [5.41, 5.74) is 7.76. The summed E-state index contributed by atoms with van der Waals surface area (Å²) in [6.45, 7) is 0.301. The number of nitrogens with zero attached hydrogens (tertiary/aromatic N) is 1. The van der Waals surface area contributed by atoms with Gasteiger partial charge in [0.15, 0.2) is 6.61 Å². The molecule has 1 amide bonds. The van der Waals surface area contributed by atoms with Crippen molar-refractivity contribution in [1.29, 1.82) is 0 Å². The van der Waals surface area contributed by atoms with E-state index in [0.29, 0.717) is 28.1 Å². The summed E-state index contributed by atoms with van der Waals surface area (Å²) in [4.78, 5) is 13.7. The van der Waals surface area contributed by atoms with Gasteiger partial charge in [-0.3, -0.25) is 4.79 Å². The van der Waals surface area contributed by atoms with Crippen molar-refractivity contribution in [2.45, 2.75) is 6.54 Å². The molecule has 1 aliphatic heterocycles. The molecule has 2 N–H and O–H groups in total. The molecule has 1 heterocycles. The van der Waals surface area contributed by atoms with Gasteiger partial charge in [-0.25, -0.2) is 4.39 Å². The highest BCUT2D eigenvalue weighted by Gasteiger charge is 2.26. The van der Waals surface area contributed by atoms with E-state index in [9.17, 15) is 9.18 Å². The van der Waals surface area contributed by atoms with Crippen LogP contribution in [-0.2, 0) is 11.3 Å². The van der Waals surface area contributed by atoms with E-state index in [4.69, 9.17) is 10.5 Å². The van der Waals surface area contributed by atoms with Gasteiger partial charge >= 0.3 is 0 Å². The van der Waals surface area contributed by atoms with E-state index >= 15 is 0 Å². The van der Waals surface area contributed by atoms with Crippen LogP contribution in [0.25, 0.3) is 0 Å². The fourth-order valence-corrected chi connectivity index (χ4v) is 2.69. The molecule has 0 aliphatic carbocycles. The minimum Gasteiger partial charge on any atom is -0.482 e. The van der Waals surface area contributed by atoms with Gasteiger partial charge in [0.05, 0.1) is 12.2 Å². The number of nitrogen functional groups attached to an aromatic ring is 1. The molecule has 0 unspecified atom stereocenters. The van der Waals surface area contributed by atoms with Crippen molar-refractivity contribution in [1.82, 2.24) is 0 Å². The summed E-state index contributed by atoms with van der Waals surface area (Å²) < 4.78 is 19.2. The number of ether oxygens (including phenoxy) is 1. The van der Waals surface area contributed by atoms with Crippen molar-refractivity contribution in [3.63, 3.8) is 0 Å². The summed E-state index contributed by atoms with van der Waals surface area (Å²) in [6, 6.07) is 9.55. The Morgan fingerprint density at radius 3 is 2.86 bits per heavy atom.